The number of terminal acetylenes is 1. The highest BCUT2D eigenvalue weighted by atomic mass is 35.5. The predicted molar refractivity (Wildman–Crippen MR) is 133 cm³/mol. The number of aryl methyl sites for hydroxylation is 1. The van der Waals surface area contributed by atoms with Crippen molar-refractivity contribution in [3.63, 3.8) is 0 Å². The summed E-state index contributed by atoms with van der Waals surface area (Å²) in [4.78, 5) is 19.6. The number of halogens is 4. The molecule has 5 nitrogen and oxygen atoms in total. The molecule has 0 amide bonds. The highest BCUT2D eigenvalue weighted by Gasteiger charge is 2.46. The summed E-state index contributed by atoms with van der Waals surface area (Å²) >= 11 is 6.06. The Labute approximate surface area is 211 Å². The fraction of sp³-hybridized carbons (Fsp3) is 0.333. The molecule has 2 heterocycles. The van der Waals surface area contributed by atoms with E-state index >= 15 is 0 Å². The molecule has 1 aliphatic carbocycles. The maximum absolute atomic E-state index is 13.3. The third-order valence-corrected chi connectivity index (χ3v) is 7.93. The van der Waals surface area contributed by atoms with Crippen molar-refractivity contribution in [2.24, 2.45) is 11.1 Å². The molecule has 3 aromatic rings. The summed E-state index contributed by atoms with van der Waals surface area (Å²) in [5, 5.41) is -0.535. The first kappa shape index (κ1) is 24.4. The molecule has 1 aromatic heterocycles. The molecule has 9 heteroatoms. The van der Waals surface area contributed by atoms with Crippen molar-refractivity contribution >= 4 is 17.4 Å². The van der Waals surface area contributed by atoms with Gasteiger partial charge in [0.1, 0.15) is 11.6 Å². The molecule has 1 spiro atoms. The standard InChI is InChI=1S/C27H24ClF3N4O/c1-3-17-7-8-18-15-26(25(32)19(18)13-17)9-11-34(12-10-26)22-14-23(36)35(16(2)33-22)21-6-4-5-20(24(21)28)27(29,30)31/h1,4-8,13-14,25H,9-12,15,32H2,2H3/t25-/m1/s1. The lowest BCUT2D eigenvalue weighted by molar-refractivity contribution is -0.137. The summed E-state index contributed by atoms with van der Waals surface area (Å²) in [6.07, 6.45) is 3.44. The first-order chi connectivity index (χ1) is 17.0. The fourth-order valence-electron chi connectivity index (χ4n) is 5.57. The van der Waals surface area contributed by atoms with Crippen molar-refractivity contribution in [3.8, 4) is 18.0 Å². The van der Waals surface area contributed by atoms with Gasteiger partial charge in [0, 0.05) is 30.8 Å². The van der Waals surface area contributed by atoms with E-state index in [1.807, 2.05) is 17.0 Å². The molecule has 36 heavy (non-hydrogen) atoms. The zero-order valence-electron chi connectivity index (χ0n) is 19.6. The number of rotatable bonds is 2. The summed E-state index contributed by atoms with van der Waals surface area (Å²) in [7, 11) is 0. The molecule has 0 unspecified atom stereocenters. The number of piperidine rings is 1. The van der Waals surface area contributed by atoms with Crippen LogP contribution < -0.4 is 16.2 Å². The molecule has 2 aliphatic rings. The fourth-order valence-corrected chi connectivity index (χ4v) is 5.89. The van der Waals surface area contributed by atoms with Crippen LogP contribution in [0, 0.1) is 24.7 Å². The molecule has 1 aliphatic heterocycles. The van der Waals surface area contributed by atoms with Gasteiger partial charge in [0.05, 0.1) is 16.3 Å². The molecule has 5 rings (SSSR count). The van der Waals surface area contributed by atoms with Gasteiger partial charge in [-0.2, -0.15) is 13.2 Å². The average Bonchev–Trinajstić information content (AvgIpc) is 3.09. The van der Waals surface area contributed by atoms with Gasteiger partial charge in [-0.05, 0) is 67.0 Å². The van der Waals surface area contributed by atoms with Gasteiger partial charge >= 0.3 is 6.18 Å². The Balaban J connectivity index is 1.39. The molecule has 1 saturated heterocycles. The van der Waals surface area contributed by atoms with Crippen LogP contribution in [0.3, 0.4) is 0 Å². The Hall–Kier alpha value is -3.28. The average molecular weight is 513 g/mol. The molecule has 1 fully saturated rings. The van der Waals surface area contributed by atoms with Crippen LogP contribution in [-0.2, 0) is 12.6 Å². The quantitative estimate of drug-likeness (QED) is 0.489. The molecule has 2 aromatic carbocycles. The number of hydrogen-bond donors (Lipinski definition) is 1. The van der Waals surface area contributed by atoms with Crippen LogP contribution in [0.25, 0.3) is 5.69 Å². The number of aromatic nitrogens is 2. The van der Waals surface area contributed by atoms with Gasteiger partial charge < -0.3 is 10.6 Å². The van der Waals surface area contributed by atoms with E-state index in [2.05, 4.69) is 17.0 Å². The number of nitrogens with two attached hydrogens (primary N) is 1. The molecule has 0 bridgehead atoms. The third kappa shape index (κ3) is 3.97. The van der Waals surface area contributed by atoms with Crippen LogP contribution in [0.2, 0.25) is 5.02 Å². The zero-order valence-corrected chi connectivity index (χ0v) is 20.3. The van der Waals surface area contributed by atoms with Crippen molar-refractivity contribution < 1.29 is 13.2 Å². The normalized spacial score (nSPS) is 18.8. The monoisotopic (exact) mass is 512 g/mol. The van der Waals surface area contributed by atoms with E-state index < -0.39 is 22.3 Å². The maximum Gasteiger partial charge on any atom is 0.417 e. The van der Waals surface area contributed by atoms with E-state index in [0.717, 1.165) is 41.0 Å². The van der Waals surface area contributed by atoms with Crippen LogP contribution in [-0.4, -0.2) is 22.6 Å². The van der Waals surface area contributed by atoms with Crippen LogP contribution in [0.4, 0.5) is 19.0 Å². The smallest absolute Gasteiger partial charge is 0.356 e. The van der Waals surface area contributed by atoms with Crippen molar-refractivity contribution in [2.75, 3.05) is 18.0 Å². The number of alkyl halides is 3. The van der Waals surface area contributed by atoms with Gasteiger partial charge in [0.25, 0.3) is 5.56 Å². The lowest BCUT2D eigenvalue weighted by Crippen LogP contribution is -2.45. The van der Waals surface area contributed by atoms with Gasteiger partial charge in [-0.1, -0.05) is 29.7 Å². The van der Waals surface area contributed by atoms with Crippen LogP contribution in [0.1, 0.15) is 47.0 Å². The van der Waals surface area contributed by atoms with E-state index in [1.54, 1.807) is 6.92 Å². The second-order valence-electron chi connectivity index (χ2n) is 9.53. The molecular formula is C27H24ClF3N4O. The van der Waals surface area contributed by atoms with Gasteiger partial charge in [-0.15, -0.1) is 6.42 Å². The highest BCUT2D eigenvalue weighted by Crippen LogP contribution is 2.51. The van der Waals surface area contributed by atoms with Gasteiger partial charge in [0.2, 0.25) is 0 Å². The lowest BCUT2D eigenvalue weighted by atomic mass is 9.73. The minimum absolute atomic E-state index is 0.0494. The Morgan fingerprint density at radius 1 is 1.19 bits per heavy atom. The van der Waals surface area contributed by atoms with Crippen LogP contribution in [0.5, 0.6) is 0 Å². The van der Waals surface area contributed by atoms with Gasteiger partial charge in [0.15, 0.2) is 0 Å². The van der Waals surface area contributed by atoms with Gasteiger partial charge in [-0.25, -0.2) is 4.98 Å². The second-order valence-corrected chi connectivity index (χ2v) is 9.91. The van der Waals surface area contributed by atoms with E-state index in [9.17, 15) is 18.0 Å². The molecule has 0 radical (unpaired) electrons. The van der Waals surface area contributed by atoms with Crippen molar-refractivity contribution in [1.82, 2.24) is 9.55 Å². The minimum Gasteiger partial charge on any atom is -0.356 e. The molecular weight excluding hydrogens is 489 g/mol. The van der Waals surface area contributed by atoms with E-state index in [-0.39, 0.29) is 23.0 Å². The first-order valence-electron chi connectivity index (χ1n) is 11.6. The van der Waals surface area contributed by atoms with Gasteiger partial charge in [-0.3, -0.25) is 9.36 Å². The van der Waals surface area contributed by atoms with Crippen LogP contribution >= 0.6 is 11.6 Å². The third-order valence-electron chi connectivity index (χ3n) is 7.53. The summed E-state index contributed by atoms with van der Waals surface area (Å²) in [6.45, 7) is 2.90. The zero-order chi connectivity index (χ0) is 25.8. The molecule has 0 saturated carbocycles. The van der Waals surface area contributed by atoms with E-state index in [4.69, 9.17) is 23.8 Å². The lowest BCUT2D eigenvalue weighted by Gasteiger charge is -2.42. The summed E-state index contributed by atoms with van der Waals surface area (Å²) in [5.74, 6) is 3.42. The number of benzene rings is 2. The van der Waals surface area contributed by atoms with Crippen molar-refractivity contribution in [3.05, 3.63) is 85.9 Å². The van der Waals surface area contributed by atoms with E-state index in [0.29, 0.717) is 18.9 Å². The Bertz CT molecular complexity index is 1450. The largest absolute Gasteiger partial charge is 0.417 e. The highest BCUT2D eigenvalue weighted by molar-refractivity contribution is 6.33. The Morgan fingerprint density at radius 2 is 1.92 bits per heavy atom. The molecule has 1 atom stereocenters. The molecule has 2 N–H and O–H groups in total. The number of hydrogen-bond acceptors (Lipinski definition) is 4. The first-order valence-corrected chi connectivity index (χ1v) is 12.0. The predicted octanol–water partition coefficient (Wildman–Crippen LogP) is 5.04. The number of anilines is 1. The topological polar surface area (TPSA) is 64.2 Å². The Kier molecular flexibility index (Phi) is 5.89. The van der Waals surface area contributed by atoms with Crippen LogP contribution in [0.15, 0.2) is 47.3 Å². The molecule has 186 valence electrons. The summed E-state index contributed by atoms with van der Waals surface area (Å²) in [5.41, 5.74) is 8.23. The minimum atomic E-state index is -4.63. The summed E-state index contributed by atoms with van der Waals surface area (Å²) in [6, 6.07) is 10.7. The SMILES string of the molecule is C#Cc1ccc2c(c1)[C@@H](N)C1(CCN(c3cc(=O)n(-c4cccc(C(F)(F)F)c4Cl)c(C)n3)CC1)C2. The second kappa shape index (κ2) is 8.68. The summed E-state index contributed by atoms with van der Waals surface area (Å²) < 4.78 is 41.1. The Morgan fingerprint density at radius 3 is 2.56 bits per heavy atom. The van der Waals surface area contributed by atoms with Crippen molar-refractivity contribution in [2.45, 2.75) is 38.4 Å². The van der Waals surface area contributed by atoms with Crippen molar-refractivity contribution in [1.29, 1.82) is 0 Å². The maximum atomic E-state index is 13.3. The number of fused-ring (bicyclic) bond motifs is 1. The number of nitrogens with zero attached hydrogens (tertiary/aromatic N) is 3. The van der Waals surface area contributed by atoms with E-state index in [1.165, 1.54) is 23.8 Å².